The zero-order chi connectivity index (χ0) is 22.2. The zero-order valence-electron chi connectivity index (χ0n) is 18.7. The highest BCUT2D eigenvalue weighted by atomic mass is 32.9. The molecule has 0 radical (unpaired) electrons. The second-order valence-corrected chi connectivity index (χ2v) is 11.1. The number of rotatable bonds is 10. The first-order chi connectivity index (χ1) is 15.0. The third-order valence-electron chi connectivity index (χ3n) is 5.93. The van der Waals surface area contributed by atoms with E-state index < -0.39 is 0 Å². The molecule has 1 aromatic carbocycles. The van der Waals surface area contributed by atoms with Gasteiger partial charge in [0.2, 0.25) is 5.91 Å². The number of aromatic hydroxyl groups is 1. The Morgan fingerprint density at radius 1 is 1.06 bits per heavy atom. The van der Waals surface area contributed by atoms with Gasteiger partial charge in [0, 0.05) is 44.7 Å². The Bertz CT molecular complexity index is 914. The number of phenols is 1. The van der Waals surface area contributed by atoms with Crippen molar-refractivity contribution in [3.05, 3.63) is 33.1 Å². The van der Waals surface area contributed by atoms with Crippen molar-refractivity contribution < 1.29 is 9.90 Å². The summed E-state index contributed by atoms with van der Waals surface area (Å²) in [6.45, 7) is 8.22. The van der Waals surface area contributed by atoms with Gasteiger partial charge in [-0.05, 0) is 48.6 Å². The maximum atomic E-state index is 12.1. The fourth-order valence-corrected chi connectivity index (χ4v) is 7.06. The van der Waals surface area contributed by atoms with E-state index in [2.05, 4.69) is 17.9 Å². The fourth-order valence-electron chi connectivity index (χ4n) is 4.06. The van der Waals surface area contributed by atoms with Crippen molar-refractivity contribution in [3.63, 3.8) is 0 Å². The van der Waals surface area contributed by atoms with Crippen molar-refractivity contribution in [2.75, 3.05) is 26.2 Å². The molecule has 7 heteroatoms. The van der Waals surface area contributed by atoms with E-state index in [0.29, 0.717) is 18.7 Å². The molecule has 31 heavy (non-hydrogen) atoms. The molecule has 1 aliphatic heterocycles. The lowest BCUT2D eigenvalue weighted by molar-refractivity contribution is -0.133. The Morgan fingerprint density at radius 3 is 2.55 bits per heavy atom. The molecule has 0 aliphatic carbocycles. The number of nitrogens with zero attached hydrogens (tertiary/aromatic N) is 2. The molecule has 2 heterocycles. The van der Waals surface area contributed by atoms with Gasteiger partial charge in [-0.25, -0.2) is 0 Å². The molecule has 1 N–H and O–H groups in total. The molecule has 0 unspecified atom stereocenters. The third kappa shape index (κ3) is 6.60. The van der Waals surface area contributed by atoms with Crippen LogP contribution in [0.3, 0.4) is 0 Å². The number of piperazine rings is 1. The highest BCUT2D eigenvalue weighted by Gasteiger charge is 2.21. The van der Waals surface area contributed by atoms with E-state index in [1.165, 1.54) is 36.1 Å². The summed E-state index contributed by atoms with van der Waals surface area (Å²) in [6.07, 6.45) is 7.52. The summed E-state index contributed by atoms with van der Waals surface area (Å²) < 4.78 is 1.01. The first-order valence-corrected chi connectivity index (χ1v) is 14.0. The summed E-state index contributed by atoms with van der Waals surface area (Å²) in [7, 11) is 3.45. The largest absolute Gasteiger partial charge is 0.508 e. The van der Waals surface area contributed by atoms with Gasteiger partial charge in [-0.15, -0.1) is 0 Å². The van der Waals surface area contributed by atoms with Gasteiger partial charge in [-0.3, -0.25) is 9.69 Å². The molecule has 1 fully saturated rings. The van der Waals surface area contributed by atoms with Crippen molar-refractivity contribution >= 4 is 38.8 Å². The SMILES string of the molecule is CCCCCCc1c(-c2ccc(O)c(CN3CCN(C(=O)CCC)CC3)c2)ssc1=S. The fraction of sp³-hybridized carbons (Fsp3) is 0.583. The number of unbranched alkanes of at least 4 members (excludes halogenated alkanes) is 3. The third-order valence-corrected chi connectivity index (χ3v) is 9.12. The predicted molar refractivity (Wildman–Crippen MR) is 135 cm³/mol. The van der Waals surface area contributed by atoms with Crippen LogP contribution in [0.1, 0.15) is 63.5 Å². The molecule has 0 saturated carbocycles. The quantitative estimate of drug-likeness (QED) is 0.241. The van der Waals surface area contributed by atoms with Gasteiger partial charge in [0.25, 0.3) is 0 Å². The van der Waals surface area contributed by atoms with Gasteiger partial charge in [-0.2, -0.15) is 0 Å². The van der Waals surface area contributed by atoms with Gasteiger partial charge < -0.3 is 10.0 Å². The van der Waals surface area contributed by atoms with Crippen LogP contribution in [0.15, 0.2) is 18.2 Å². The van der Waals surface area contributed by atoms with E-state index in [0.717, 1.165) is 54.0 Å². The molecule has 0 bridgehead atoms. The Labute approximate surface area is 198 Å². The highest BCUT2D eigenvalue weighted by Crippen LogP contribution is 2.37. The maximum absolute atomic E-state index is 12.1. The monoisotopic (exact) mass is 478 g/mol. The minimum absolute atomic E-state index is 0.261. The van der Waals surface area contributed by atoms with E-state index in [-0.39, 0.29) is 5.91 Å². The summed E-state index contributed by atoms with van der Waals surface area (Å²) in [5.74, 6) is 0.605. The van der Waals surface area contributed by atoms with Crippen LogP contribution in [0.25, 0.3) is 10.4 Å². The van der Waals surface area contributed by atoms with Crippen LogP contribution in [-0.4, -0.2) is 47.0 Å². The number of carbonyl (C=O) groups is 1. The Balaban J connectivity index is 1.68. The average molecular weight is 479 g/mol. The van der Waals surface area contributed by atoms with Crippen LogP contribution in [0.2, 0.25) is 0 Å². The molecule has 2 aromatic rings. The van der Waals surface area contributed by atoms with E-state index >= 15 is 0 Å². The van der Waals surface area contributed by atoms with Crippen LogP contribution < -0.4 is 0 Å². The molecule has 1 aromatic heterocycles. The number of hydrogen-bond donors (Lipinski definition) is 1. The van der Waals surface area contributed by atoms with Crippen molar-refractivity contribution in [1.29, 1.82) is 0 Å². The van der Waals surface area contributed by atoms with Crippen molar-refractivity contribution in [2.24, 2.45) is 0 Å². The minimum Gasteiger partial charge on any atom is -0.508 e. The van der Waals surface area contributed by atoms with Crippen LogP contribution >= 0.6 is 32.9 Å². The lowest BCUT2D eigenvalue weighted by atomic mass is 10.0. The molecule has 4 nitrogen and oxygen atoms in total. The Hall–Kier alpha value is -1.28. The smallest absolute Gasteiger partial charge is 0.222 e. The van der Waals surface area contributed by atoms with Gasteiger partial charge in [0.05, 0.1) is 4.88 Å². The molecular weight excluding hydrogens is 444 g/mol. The number of benzene rings is 1. The Morgan fingerprint density at radius 2 is 1.84 bits per heavy atom. The normalized spacial score (nSPS) is 14.8. The molecule has 3 rings (SSSR count). The van der Waals surface area contributed by atoms with Crippen LogP contribution in [0, 0.1) is 3.82 Å². The Kier molecular flexibility index (Phi) is 9.50. The van der Waals surface area contributed by atoms with E-state index in [4.69, 9.17) is 12.2 Å². The lowest BCUT2D eigenvalue weighted by Crippen LogP contribution is -2.48. The van der Waals surface area contributed by atoms with Crippen LogP contribution in [0.4, 0.5) is 0 Å². The van der Waals surface area contributed by atoms with Crippen LogP contribution in [0.5, 0.6) is 5.75 Å². The topological polar surface area (TPSA) is 43.8 Å². The second-order valence-electron chi connectivity index (χ2n) is 8.32. The number of amides is 1. The van der Waals surface area contributed by atoms with Crippen LogP contribution in [-0.2, 0) is 17.8 Å². The van der Waals surface area contributed by atoms with Gasteiger partial charge in [0.1, 0.15) is 9.57 Å². The molecule has 170 valence electrons. The maximum Gasteiger partial charge on any atom is 0.222 e. The van der Waals surface area contributed by atoms with E-state index in [9.17, 15) is 9.90 Å². The molecular formula is C24H34N2O2S3. The summed E-state index contributed by atoms with van der Waals surface area (Å²) in [6, 6.07) is 5.97. The molecule has 1 amide bonds. The van der Waals surface area contributed by atoms with Crippen molar-refractivity contribution in [3.8, 4) is 16.2 Å². The standard InChI is InChI=1S/C24H34N2O2S3/c1-3-5-6-7-9-20-23(30-31-24(20)29)18-10-11-21(27)19(16-18)17-25-12-14-26(15-13-25)22(28)8-4-2/h10-11,16,27H,3-9,12-15,17H2,1-2H3. The van der Waals surface area contributed by atoms with Gasteiger partial charge >= 0.3 is 0 Å². The number of phenolic OH excluding ortho intramolecular Hbond substituents is 1. The number of carbonyl (C=O) groups excluding carboxylic acids is 1. The molecule has 1 saturated heterocycles. The van der Waals surface area contributed by atoms with Crippen molar-refractivity contribution in [1.82, 2.24) is 9.80 Å². The van der Waals surface area contributed by atoms with Crippen molar-refractivity contribution in [2.45, 2.75) is 65.3 Å². The summed E-state index contributed by atoms with van der Waals surface area (Å²) in [5, 5.41) is 10.5. The average Bonchev–Trinajstić information content (AvgIpc) is 3.14. The summed E-state index contributed by atoms with van der Waals surface area (Å²) in [5.41, 5.74) is 3.42. The molecule has 0 atom stereocenters. The summed E-state index contributed by atoms with van der Waals surface area (Å²) in [4.78, 5) is 17.7. The second kappa shape index (κ2) is 12.1. The molecule has 1 aliphatic rings. The molecule has 0 spiro atoms. The zero-order valence-corrected chi connectivity index (χ0v) is 21.1. The van der Waals surface area contributed by atoms with E-state index in [1.807, 2.05) is 24.0 Å². The first-order valence-electron chi connectivity index (χ1n) is 11.5. The highest BCUT2D eigenvalue weighted by molar-refractivity contribution is 7.80. The first kappa shape index (κ1) is 24.4. The van der Waals surface area contributed by atoms with E-state index in [1.54, 1.807) is 20.7 Å². The van der Waals surface area contributed by atoms with Gasteiger partial charge in [-0.1, -0.05) is 66.0 Å². The predicted octanol–water partition coefficient (Wildman–Crippen LogP) is 6.48. The number of hydrogen-bond acceptors (Lipinski definition) is 6. The summed E-state index contributed by atoms with van der Waals surface area (Å²) >= 11 is 5.63. The minimum atomic E-state index is 0.261. The van der Waals surface area contributed by atoms with Gasteiger partial charge in [0.15, 0.2) is 0 Å². The lowest BCUT2D eigenvalue weighted by Gasteiger charge is -2.35.